The number of aromatic nitrogens is 3. The summed E-state index contributed by atoms with van der Waals surface area (Å²) < 4.78 is 5.04. The molecule has 0 saturated heterocycles. The molecule has 0 aliphatic carbocycles. The number of rotatable bonds is 1. The minimum absolute atomic E-state index is 0.204. The highest BCUT2D eigenvalue weighted by Crippen LogP contribution is 2.20. The molecule has 0 unspecified atom stereocenters. The SMILES string of the molecule is COc1nc(N)nc2ccncc12. The molecule has 0 atom stereocenters. The molecule has 0 fully saturated rings. The summed E-state index contributed by atoms with van der Waals surface area (Å²) in [6.07, 6.45) is 3.29. The average Bonchev–Trinajstić information content (AvgIpc) is 2.16. The molecule has 0 aromatic carbocycles. The Morgan fingerprint density at radius 3 is 3.00 bits per heavy atom. The van der Waals surface area contributed by atoms with Gasteiger partial charge in [-0.2, -0.15) is 4.98 Å². The molecule has 0 spiro atoms. The fourth-order valence-electron chi connectivity index (χ4n) is 1.12. The van der Waals surface area contributed by atoms with E-state index in [1.54, 1.807) is 18.5 Å². The van der Waals surface area contributed by atoms with E-state index in [1.807, 2.05) is 0 Å². The van der Waals surface area contributed by atoms with Gasteiger partial charge >= 0.3 is 0 Å². The lowest BCUT2D eigenvalue weighted by molar-refractivity contribution is 0.403. The van der Waals surface area contributed by atoms with Crippen molar-refractivity contribution in [3.05, 3.63) is 18.5 Å². The van der Waals surface area contributed by atoms with E-state index in [2.05, 4.69) is 15.0 Å². The average molecular weight is 176 g/mol. The summed E-state index contributed by atoms with van der Waals surface area (Å²) >= 11 is 0. The van der Waals surface area contributed by atoms with Crippen LogP contribution in [0.25, 0.3) is 10.9 Å². The summed E-state index contributed by atoms with van der Waals surface area (Å²) in [5, 5.41) is 0.763. The van der Waals surface area contributed by atoms with Crippen molar-refractivity contribution < 1.29 is 4.74 Å². The predicted octanol–water partition coefficient (Wildman–Crippen LogP) is 0.616. The zero-order valence-corrected chi connectivity index (χ0v) is 7.06. The first kappa shape index (κ1) is 7.72. The van der Waals surface area contributed by atoms with Gasteiger partial charge in [-0.05, 0) is 6.07 Å². The van der Waals surface area contributed by atoms with Crippen molar-refractivity contribution in [2.45, 2.75) is 0 Å². The minimum Gasteiger partial charge on any atom is -0.480 e. The van der Waals surface area contributed by atoms with E-state index >= 15 is 0 Å². The number of hydrogen-bond donors (Lipinski definition) is 1. The van der Waals surface area contributed by atoms with Gasteiger partial charge in [-0.15, -0.1) is 0 Å². The van der Waals surface area contributed by atoms with Gasteiger partial charge in [0.05, 0.1) is 18.0 Å². The largest absolute Gasteiger partial charge is 0.480 e. The second-order valence-corrected chi connectivity index (χ2v) is 2.48. The first-order valence-electron chi connectivity index (χ1n) is 3.72. The van der Waals surface area contributed by atoms with Crippen LogP contribution in [-0.2, 0) is 0 Å². The van der Waals surface area contributed by atoms with Crippen LogP contribution in [0.15, 0.2) is 18.5 Å². The zero-order chi connectivity index (χ0) is 9.26. The van der Waals surface area contributed by atoms with E-state index in [1.165, 1.54) is 7.11 Å². The van der Waals surface area contributed by atoms with Crippen LogP contribution in [0.5, 0.6) is 5.88 Å². The summed E-state index contributed by atoms with van der Waals surface area (Å²) in [5.74, 6) is 0.658. The molecule has 2 aromatic heterocycles. The predicted molar refractivity (Wildman–Crippen MR) is 48.3 cm³/mol. The molecule has 0 aliphatic heterocycles. The number of fused-ring (bicyclic) bond motifs is 1. The molecule has 2 N–H and O–H groups in total. The topological polar surface area (TPSA) is 73.9 Å². The third-order valence-electron chi connectivity index (χ3n) is 1.67. The van der Waals surface area contributed by atoms with Crippen molar-refractivity contribution in [1.29, 1.82) is 0 Å². The number of pyridine rings is 1. The summed E-state index contributed by atoms with van der Waals surface area (Å²) in [4.78, 5) is 11.9. The fraction of sp³-hybridized carbons (Fsp3) is 0.125. The number of nitrogens with two attached hydrogens (primary N) is 1. The third-order valence-corrected chi connectivity index (χ3v) is 1.67. The molecule has 0 amide bonds. The quantitative estimate of drug-likeness (QED) is 0.689. The number of methoxy groups -OCH3 is 1. The first-order chi connectivity index (χ1) is 6.31. The van der Waals surface area contributed by atoms with Crippen molar-refractivity contribution in [3.63, 3.8) is 0 Å². The molecule has 13 heavy (non-hydrogen) atoms. The second-order valence-electron chi connectivity index (χ2n) is 2.48. The lowest BCUT2D eigenvalue weighted by atomic mass is 10.3. The molecule has 5 heteroatoms. The standard InChI is InChI=1S/C8H8N4O/c1-13-7-5-4-10-3-2-6(5)11-8(9)12-7/h2-4H,1H3,(H2,9,11,12). The summed E-state index contributed by atoms with van der Waals surface area (Å²) in [6.45, 7) is 0. The van der Waals surface area contributed by atoms with Gasteiger partial charge in [0.2, 0.25) is 11.8 Å². The van der Waals surface area contributed by atoms with Gasteiger partial charge in [0, 0.05) is 12.4 Å². The minimum atomic E-state index is 0.204. The Morgan fingerprint density at radius 1 is 1.38 bits per heavy atom. The molecule has 0 radical (unpaired) electrons. The number of nitrogen functional groups attached to an aromatic ring is 1. The zero-order valence-electron chi connectivity index (χ0n) is 7.06. The molecular formula is C8H8N4O. The fourth-order valence-corrected chi connectivity index (χ4v) is 1.12. The van der Waals surface area contributed by atoms with E-state index in [4.69, 9.17) is 10.5 Å². The van der Waals surface area contributed by atoms with Gasteiger partial charge in [0.1, 0.15) is 0 Å². The Bertz CT molecular complexity index is 443. The van der Waals surface area contributed by atoms with Gasteiger partial charge < -0.3 is 10.5 Å². The van der Waals surface area contributed by atoms with Crippen LogP contribution in [0, 0.1) is 0 Å². The first-order valence-corrected chi connectivity index (χ1v) is 3.72. The maximum atomic E-state index is 5.48. The van der Waals surface area contributed by atoms with E-state index in [0.717, 1.165) is 10.9 Å². The van der Waals surface area contributed by atoms with Crippen LogP contribution in [0.3, 0.4) is 0 Å². The Morgan fingerprint density at radius 2 is 2.23 bits per heavy atom. The van der Waals surface area contributed by atoms with Gasteiger partial charge in [0.25, 0.3) is 0 Å². The summed E-state index contributed by atoms with van der Waals surface area (Å²) in [7, 11) is 1.54. The van der Waals surface area contributed by atoms with Crippen molar-refractivity contribution in [2.24, 2.45) is 0 Å². The van der Waals surface area contributed by atoms with Crippen LogP contribution in [0.1, 0.15) is 0 Å². The molecule has 2 heterocycles. The lowest BCUT2D eigenvalue weighted by Gasteiger charge is -2.03. The maximum Gasteiger partial charge on any atom is 0.227 e. The molecule has 0 aliphatic rings. The number of hydrogen-bond acceptors (Lipinski definition) is 5. The Balaban J connectivity index is 2.81. The van der Waals surface area contributed by atoms with Crippen molar-refractivity contribution in [2.75, 3.05) is 12.8 Å². The molecule has 66 valence electrons. The number of anilines is 1. The Hall–Kier alpha value is -1.91. The van der Waals surface area contributed by atoms with Gasteiger partial charge in [-0.3, -0.25) is 4.98 Å². The number of nitrogens with zero attached hydrogens (tertiary/aromatic N) is 3. The Labute approximate surface area is 74.6 Å². The van der Waals surface area contributed by atoms with E-state index in [0.29, 0.717) is 5.88 Å². The molecule has 2 rings (SSSR count). The van der Waals surface area contributed by atoms with Crippen LogP contribution in [0.2, 0.25) is 0 Å². The van der Waals surface area contributed by atoms with Gasteiger partial charge in [-0.1, -0.05) is 0 Å². The van der Waals surface area contributed by atoms with Crippen LogP contribution >= 0.6 is 0 Å². The normalized spacial score (nSPS) is 10.2. The van der Waals surface area contributed by atoms with Crippen molar-refractivity contribution >= 4 is 16.9 Å². The van der Waals surface area contributed by atoms with Gasteiger partial charge in [0.15, 0.2) is 0 Å². The smallest absolute Gasteiger partial charge is 0.227 e. The van der Waals surface area contributed by atoms with Crippen LogP contribution in [-0.4, -0.2) is 22.1 Å². The highest BCUT2D eigenvalue weighted by molar-refractivity contribution is 5.83. The maximum absolute atomic E-state index is 5.48. The van der Waals surface area contributed by atoms with Crippen molar-refractivity contribution in [3.8, 4) is 5.88 Å². The monoisotopic (exact) mass is 176 g/mol. The molecule has 2 aromatic rings. The summed E-state index contributed by atoms with van der Waals surface area (Å²) in [6, 6.07) is 1.76. The van der Waals surface area contributed by atoms with Gasteiger partial charge in [-0.25, -0.2) is 4.98 Å². The van der Waals surface area contributed by atoms with E-state index in [9.17, 15) is 0 Å². The highest BCUT2D eigenvalue weighted by Gasteiger charge is 2.04. The van der Waals surface area contributed by atoms with E-state index in [-0.39, 0.29) is 5.95 Å². The van der Waals surface area contributed by atoms with Crippen LogP contribution in [0.4, 0.5) is 5.95 Å². The number of ether oxygens (including phenoxy) is 1. The van der Waals surface area contributed by atoms with Crippen molar-refractivity contribution in [1.82, 2.24) is 15.0 Å². The van der Waals surface area contributed by atoms with E-state index < -0.39 is 0 Å². The molecular weight excluding hydrogens is 168 g/mol. The third kappa shape index (κ3) is 1.24. The molecule has 0 bridgehead atoms. The molecule has 5 nitrogen and oxygen atoms in total. The second kappa shape index (κ2) is 2.85. The summed E-state index contributed by atoms with van der Waals surface area (Å²) in [5.41, 5.74) is 6.21. The lowest BCUT2D eigenvalue weighted by Crippen LogP contribution is -1.98. The van der Waals surface area contributed by atoms with Crippen LogP contribution < -0.4 is 10.5 Å². The Kier molecular flexibility index (Phi) is 1.70. The highest BCUT2D eigenvalue weighted by atomic mass is 16.5. The molecule has 0 saturated carbocycles.